The van der Waals surface area contributed by atoms with Crippen LogP contribution < -0.4 is 4.90 Å². The second-order valence-corrected chi connectivity index (χ2v) is 3.42. The van der Waals surface area contributed by atoms with Crippen LogP contribution >= 0.6 is 11.6 Å². The Morgan fingerprint density at radius 2 is 2.31 bits per heavy atom. The normalized spacial score (nSPS) is 11.6. The lowest BCUT2D eigenvalue weighted by molar-refractivity contribution is 0.206. The molecule has 1 heterocycles. The first-order valence-electron chi connectivity index (χ1n) is 4.59. The van der Waals surface area contributed by atoms with Gasteiger partial charge in [-0.3, -0.25) is 0 Å². The molecule has 0 saturated carbocycles. The van der Waals surface area contributed by atoms with Gasteiger partial charge in [0, 0.05) is 20.7 Å². The molecular weight excluding hydrogens is 232 g/mol. The number of rotatable bonds is 5. The largest absolute Gasteiger partial charge is 0.410 e. The van der Waals surface area contributed by atoms with E-state index in [9.17, 15) is 0 Å². The molecule has 88 valence electrons. The van der Waals surface area contributed by atoms with Crippen LogP contribution in [0, 0.1) is 0 Å². The third-order valence-corrected chi connectivity index (χ3v) is 2.23. The number of hydrogen-bond donors (Lipinski definition) is 1. The molecule has 0 aliphatic heterocycles. The highest BCUT2D eigenvalue weighted by Crippen LogP contribution is 2.08. The maximum atomic E-state index is 8.44. The molecular formula is C9H13ClN4O2. The summed E-state index contributed by atoms with van der Waals surface area (Å²) in [5.74, 6) is 0.697. The van der Waals surface area contributed by atoms with Crippen LogP contribution in [0.15, 0.2) is 17.5 Å². The number of ether oxygens (including phenoxy) is 1. The third kappa shape index (κ3) is 3.32. The van der Waals surface area contributed by atoms with E-state index in [1.165, 1.54) is 6.20 Å². The van der Waals surface area contributed by atoms with E-state index in [1.54, 1.807) is 13.3 Å². The molecule has 6 nitrogen and oxygen atoms in total. The lowest BCUT2D eigenvalue weighted by atomic mass is 10.4. The smallest absolute Gasteiger partial charge is 0.195 e. The van der Waals surface area contributed by atoms with Crippen LogP contribution in [0.1, 0.15) is 5.69 Å². The van der Waals surface area contributed by atoms with Crippen molar-refractivity contribution >= 4 is 22.6 Å². The monoisotopic (exact) mass is 244 g/mol. The van der Waals surface area contributed by atoms with Crippen molar-refractivity contribution in [3.05, 3.63) is 18.1 Å². The van der Waals surface area contributed by atoms with Gasteiger partial charge in [-0.1, -0.05) is 16.8 Å². The number of hydrogen-bond acceptors (Lipinski definition) is 6. The summed E-state index contributed by atoms with van der Waals surface area (Å²) >= 11 is 5.57. The fraction of sp³-hybridized carbons (Fsp3) is 0.444. The van der Waals surface area contributed by atoms with Crippen LogP contribution in [0.4, 0.5) is 5.82 Å². The lowest BCUT2D eigenvalue weighted by Crippen LogP contribution is -2.23. The molecule has 0 spiro atoms. The van der Waals surface area contributed by atoms with Gasteiger partial charge in [-0.05, 0) is 0 Å². The van der Waals surface area contributed by atoms with Gasteiger partial charge < -0.3 is 14.8 Å². The fourth-order valence-electron chi connectivity index (χ4n) is 1.02. The summed E-state index contributed by atoms with van der Waals surface area (Å²) < 4.78 is 4.95. The Bertz CT molecular complexity index is 355. The quantitative estimate of drug-likeness (QED) is 0.474. The molecule has 0 radical (unpaired) electrons. The van der Waals surface area contributed by atoms with Gasteiger partial charge in [0.1, 0.15) is 11.5 Å². The number of anilines is 1. The predicted octanol–water partition coefficient (Wildman–Crippen LogP) is 0.934. The molecule has 1 aromatic rings. The van der Waals surface area contributed by atoms with E-state index in [1.807, 2.05) is 11.9 Å². The first-order chi connectivity index (χ1) is 7.69. The summed E-state index contributed by atoms with van der Waals surface area (Å²) in [7, 11) is 3.52. The molecule has 0 aliphatic carbocycles. The Balaban J connectivity index is 2.71. The minimum atomic E-state index is -0.0846. The van der Waals surface area contributed by atoms with Gasteiger partial charge >= 0.3 is 0 Å². The number of aromatic nitrogens is 2. The van der Waals surface area contributed by atoms with Crippen molar-refractivity contribution in [2.45, 2.75) is 0 Å². The van der Waals surface area contributed by atoms with Crippen LogP contribution in [-0.2, 0) is 4.74 Å². The predicted molar refractivity (Wildman–Crippen MR) is 61.4 cm³/mol. The Hall–Kier alpha value is -1.40. The topological polar surface area (TPSA) is 70.8 Å². The molecule has 0 fully saturated rings. The number of likely N-dealkylation sites (N-methyl/N-ethyl adjacent to an activating group) is 1. The van der Waals surface area contributed by atoms with Crippen LogP contribution in [0.5, 0.6) is 0 Å². The second kappa shape index (κ2) is 6.24. The van der Waals surface area contributed by atoms with Gasteiger partial charge in [0.05, 0.1) is 19.0 Å². The van der Waals surface area contributed by atoms with Crippen molar-refractivity contribution in [2.24, 2.45) is 5.16 Å². The minimum absolute atomic E-state index is 0.0846. The zero-order valence-corrected chi connectivity index (χ0v) is 9.85. The molecule has 16 heavy (non-hydrogen) atoms. The Morgan fingerprint density at radius 1 is 1.56 bits per heavy atom. The van der Waals surface area contributed by atoms with Crippen molar-refractivity contribution in [3.8, 4) is 0 Å². The fourth-order valence-corrected chi connectivity index (χ4v) is 1.12. The van der Waals surface area contributed by atoms with Crippen molar-refractivity contribution < 1.29 is 9.94 Å². The summed E-state index contributed by atoms with van der Waals surface area (Å²) in [4.78, 5) is 10.0. The number of methoxy groups -OCH3 is 1. The third-order valence-electron chi connectivity index (χ3n) is 1.96. The van der Waals surface area contributed by atoms with E-state index in [2.05, 4.69) is 15.1 Å². The maximum Gasteiger partial charge on any atom is 0.195 e. The highest BCUT2D eigenvalue weighted by molar-refractivity contribution is 6.69. The van der Waals surface area contributed by atoms with Crippen LogP contribution in [0.2, 0.25) is 0 Å². The average Bonchev–Trinajstić information content (AvgIpc) is 2.35. The van der Waals surface area contributed by atoms with Gasteiger partial charge in [-0.15, -0.1) is 0 Å². The van der Waals surface area contributed by atoms with Crippen LogP contribution in [-0.4, -0.2) is 47.7 Å². The maximum absolute atomic E-state index is 8.44. The Morgan fingerprint density at radius 3 is 2.81 bits per heavy atom. The summed E-state index contributed by atoms with van der Waals surface area (Å²) in [5.41, 5.74) is 0.327. The summed E-state index contributed by atoms with van der Waals surface area (Å²) in [6.07, 6.45) is 3.00. The number of halogens is 1. The van der Waals surface area contributed by atoms with Crippen molar-refractivity contribution in [3.63, 3.8) is 0 Å². The van der Waals surface area contributed by atoms with Crippen molar-refractivity contribution in [2.75, 3.05) is 32.2 Å². The summed E-state index contributed by atoms with van der Waals surface area (Å²) in [6, 6.07) is 0. The summed E-state index contributed by atoms with van der Waals surface area (Å²) in [5, 5.41) is 11.2. The summed E-state index contributed by atoms with van der Waals surface area (Å²) in [6.45, 7) is 1.32. The molecule has 1 N–H and O–H groups in total. The molecule has 0 unspecified atom stereocenters. The average molecular weight is 245 g/mol. The van der Waals surface area contributed by atoms with E-state index in [0.29, 0.717) is 24.7 Å². The zero-order chi connectivity index (χ0) is 12.0. The van der Waals surface area contributed by atoms with Gasteiger partial charge in [0.25, 0.3) is 0 Å². The highest BCUT2D eigenvalue weighted by atomic mass is 35.5. The van der Waals surface area contributed by atoms with E-state index in [-0.39, 0.29) is 5.17 Å². The van der Waals surface area contributed by atoms with Gasteiger partial charge in [-0.25, -0.2) is 9.97 Å². The van der Waals surface area contributed by atoms with Crippen molar-refractivity contribution in [1.29, 1.82) is 0 Å². The number of oxime groups is 1. The molecule has 7 heteroatoms. The molecule has 0 aliphatic rings. The molecule has 0 atom stereocenters. The van der Waals surface area contributed by atoms with Crippen LogP contribution in [0.3, 0.4) is 0 Å². The van der Waals surface area contributed by atoms with Gasteiger partial charge in [0.2, 0.25) is 0 Å². The zero-order valence-electron chi connectivity index (χ0n) is 9.09. The van der Waals surface area contributed by atoms with Gasteiger partial charge in [-0.2, -0.15) is 0 Å². The van der Waals surface area contributed by atoms with Crippen molar-refractivity contribution in [1.82, 2.24) is 9.97 Å². The van der Waals surface area contributed by atoms with E-state index >= 15 is 0 Å². The first kappa shape index (κ1) is 12.7. The van der Waals surface area contributed by atoms with Crippen LogP contribution in [0.25, 0.3) is 0 Å². The van der Waals surface area contributed by atoms with Gasteiger partial charge in [0.15, 0.2) is 5.17 Å². The molecule has 1 aromatic heterocycles. The molecule has 0 bridgehead atoms. The lowest BCUT2D eigenvalue weighted by Gasteiger charge is -2.16. The minimum Gasteiger partial charge on any atom is -0.410 e. The second-order valence-electron chi connectivity index (χ2n) is 3.07. The molecule has 0 amide bonds. The SMILES string of the molecule is COCCN(C)c1cnc(C(Cl)=NO)cn1. The van der Waals surface area contributed by atoms with E-state index < -0.39 is 0 Å². The van der Waals surface area contributed by atoms with E-state index in [4.69, 9.17) is 21.5 Å². The highest BCUT2D eigenvalue weighted by Gasteiger charge is 2.06. The standard InChI is InChI=1S/C9H13ClN4O2/c1-14(3-4-16-2)8-6-11-7(5-12-8)9(10)13-15/h5-6,15H,3-4H2,1-2H3. The Kier molecular flexibility index (Phi) is 4.94. The molecule has 0 aromatic carbocycles. The Labute approximate surface area is 98.5 Å². The molecule has 0 saturated heterocycles. The number of nitrogens with zero attached hydrogens (tertiary/aromatic N) is 4. The first-order valence-corrected chi connectivity index (χ1v) is 4.97. The molecule has 1 rings (SSSR count). The van der Waals surface area contributed by atoms with E-state index in [0.717, 1.165) is 0 Å².